The Morgan fingerprint density at radius 3 is 2.48 bits per heavy atom. The van der Waals surface area contributed by atoms with Crippen molar-refractivity contribution in [3.8, 4) is 5.75 Å². The summed E-state index contributed by atoms with van der Waals surface area (Å²) in [6.45, 7) is 12.9. The molecule has 0 radical (unpaired) electrons. The van der Waals surface area contributed by atoms with Crippen LogP contribution in [-0.4, -0.2) is 18.8 Å². The molecule has 0 saturated heterocycles. The molecule has 1 amide bonds. The van der Waals surface area contributed by atoms with Crippen LogP contribution in [0.25, 0.3) is 0 Å². The Balaban J connectivity index is 0.00000277. The second kappa shape index (κ2) is 12.1. The normalized spacial score (nSPS) is 11.6. The van der Waals surface area contributed by atoms with E-state index in [0.29, 0.717) is 11.3 Å². The van der Waals surface area contributed by atoms with Crippen molar-refractivity contribution in [2.24, 2.45) is 0 Å². The van der Waals surface area contributed by atoms with Crippen LogP contribution in [0, 0.1) is 6.92 Å². The number of hydrogen-bond donors (Lipinski definition) is 1. The Hall–Kier alpha value is -2.30. The van der Waals surface area contributed by atoms with Gasteiger partial charge in [-0.2, -0.15) is 0 Å². The van der Waals surface area contributed by atoms with Gasteiger partial charge in [0, 0.05) is 0 Å². The third-order valence-corrected chi connectivity index (χ3v) is 3.00. The predicted molar refractivity (Wildman–Crippen MR) is 100 cm³/mol. The molecule has 0 aliphatic rings. The van der Waals surface area contributed by atoms with Gasteiger partial charge in [-0.1, -0.05) is 26.0 Å². The Morgan fingerprint density at radius 1 is 1.32 bits per heavy atom. The van der Waals surface area contributed by atoms with Gasteiger partial charge in [-0.05, 0) is 64.0 Å². The highest BCUT2D eigenvalue weighted by Gasteiger charge is 2.14. The van der Waals surface area contributed by atoms with Gasteiger partial charge >= 0.3 is 6.09 Å². The van der Waals surface area contributed by atoms with E-state index in [4.69, 9.17) is 9.47 Å². The average molecular weight is 351 g/mol. The Labute approximate surface area is 150 Å². The molecule has 25 heavy (non-hydrogen) atoms. The van der Waals surface area contributed by atoms with E-state index in [0.717, 1.165) is 5.56 Å². The summed E-state index contributed by atoms with van der Waals surface area (Å²) in [7, 11) is 0. The molecule has 1 rings (SSSR count). The van der Waals surface area contributed by atoms with Crippen molar-refractivity contribution in [3.05, 3.63) is 53.0 Å². The molecule has 1 N–H and O–H groups in total. The van der Waals surface area contributed by atoms with Gasteiger partial charge in [0.05, 0.1) is 5.70 Å². The molecule has 1 atom stereocenters. The Kier molecular flexibility index (Phi) is 11.0. The first-order valence-corrected chi connectivity index (χ1v) is 8.50. The summed E-state index contributed by atoms with van der Waals surface area (Å²) in [6.07, 6.45) is 0.105. The van der Waals surface area contributed by atoms with E-state index in [9.17, 15) is 9.18 Å². The zero-order chi connectivity index (χ0) is 19.4. The van der Waals surface area contributed by atoms with Crippen LogP contribution in [0.4, 0.5) is 9.18 Å². The number of alkyl carbamates (subject to hydrolysis) is 1. The fraction of sp³-hybridized carbons (Fsp3) is 0.450. The van der Waals surface area contributed by atoms with Crippen LogP contribution < -0.4 is 10.1 Å². The van der Waals surface area contributed by atoms with Gasteiger partial charge in [0.15, 0.2) is 0 Å². The standard InChI is InChI=1S/C18H24FNO3.C2H6/c1-6-16(19)17(12(2)3)20-18(21)23-14(5)11-22-15-9-7-8-13(4)10-15;1-2/h6-10,14H,11H2,1-5H3,(H,20,21);1-2H3/b16-6+;. The molecule has 1 aromatic rings. The minimum absolute atomic E-state index is 0.129. The molecule has 0 spiro atoms. The third-order valence-electron chi connectivity index (χ3n) is 3.00. The maximum atomic E-state index is 13.7. The number of rotatable bonds is 6. The first-order valence-electron chi connectivity index (χ1n) is 8.50. The molecule has 0 saturated carbocycles. The molecule has 0 fully saturated rings. The first-order chi connectivity index (χ1) is 11.8. The molecule has 1 aromatic carbocycles. The number of aryl methyl sites for hydroxylation is 1. The van der Waals surface area contributed by atoms with Gasteiger partial charge in [0.2, 0.25) is 0 Å². The molecule has 140 valence electrons. The number of halogens is 1. The number of allylic oxidation sites excluding steroid dienone is 3. The number of nitrogens with one attached hydrogen (secondary N) is 1. The van der Waals surface area contributed by atoms with E-state index in [-0.39, 0.29) is 12.3 Å². The smallest absolute Gasteiger partial charge is 0.412 e. The van der Waals surface area contributed by atoms with Gasteiger partial charge in [-0.15, -0.1) is 0 Å². The van der Waals surface area contributed by atoms with E-state index < -0.39 is 18.0 Å². The molecule has 0 heterocycles. The lowest BCUT2D eigenvalue weighted by molar-refractivity contribution is 0.0771. The van der Waals surface area contributed by atoms with Crippen LogP contribution in [0.5, 0.6) is 5.75 Å². The minimum Gasteiger partial charge on any atom is -0.490 e. The molecule has 4 nitrogen and oxygen atoms in total. The van der Waals surface area contributed by atoms with Crippen LogP contribution in [0.2, 0.25) is 0 Å². The maximum Gasteiger partial charge on any atom is 0.412 e. The molecular weight excluding hydrogens is 321 g/mol. The van der Waals surface area contributed by atoms with E-state index in [2.05, 4.69) is 5.32 Å². The summed E-state index contributed by atoms with van der Waals surface area (Å²) in [5.74, 6) is 0.219. The summed E-state index contributed by atoms with van der Waals surface area (Å²) in [5, 5.41) is 2.42. The third kappa shape index (κ3) is 8.94. The largest absolute Gasteiger partial charge is 0.490 e. The Morgan fingerprint density at radius 2 is 1.96 bits per heavy atom. The topological polar surface area (TPSA) is 47.6 Å². The molecule has 0 aliphatic carbocycles. The average Bonchev–Trinajstić information content (AvgIpc) is 2.59. The zero-order valence-corrected chi connectivity index (χ0v) is 16.3. The van der Waals surface area contributed by atoms with Crippen molar-refractivity contribution < 1.29 is 18.7 Å². The summed E-state index contributed by atoms with van der Waals surface area (Å²) < 4.78 is 24.4. The van der Waals surface area contributed by atoms with E-state index in [1.807, 2.05) is 45.0 Å². The zero-order valence-electron chi connectivity index (χ0n) is 16.3. The van der Waals surface area contributed by atoms with Gasteiger partial charge < -0.3 is 9.47 Å². The van der Waals surface area contributed by atoms with Crippen molar-refractivity contribution in [2.75, 3.05) is 6.61 Å². The summed E-state index contributed by atoms with van der Waals surface area (Å²) in [5.41, 5.74) is 1.87. The van der Waals surface area contributed by atoms with E-state index in [1.165, 1.54) is 6.08 Å². The number of hydrogen-bond acceptors (Lipinski definition) is 3. The number of carbonyl (C=O) groups excluding carboxylic acids is 1. The molecule has 0 aliphatic heterocycles. The fourth-order valence-corrected chi connectivity index (χ4v) is 1.83. The molecule has 1 unspecified atom stereocenters. The van der Waals surface area contributed by atoms with Crippen LogP contribution in [-0.2, 0) is 4.74 Å². The van der Waals surface area contributed by atoms with Gasteiger partial charge in [-0.25, -0.2) is 9.18 Å². The lowest BCUT2D eigenvalue weighted by Gasteiger charge is -2.16. The molecular formula is C20H30FNO3. The number of carbonyl (C=O) groups is 1. The van der Waals surface area contributed by atoms with E-state index >= 15 is 0 Å². The molecule has 0 bridgehead atoms. The highest BCUT2D eigenvalue weighted by molar-refractivity contribution is 5.71. The second-order valence-electron chi connectivity index (χ2n) is 5.48. The van der Waals surface area contributed by atoms with Gasteiger partial charge in [-0.3, -0.25) is 5.32 Å². The predicted octanol–water partition coefficient (Wildman–Crippen LogP) is 5.68. The van der Waals surface area contributed by atoms with Crippen molar-refractivity contribution in [1.29, 1.82) is 0 Å². The van der Waals surface area contributed by atoms with Crippen LogP contribution in [0.1, 0.15) is 47.1 Å². The maximum absolute atomic E-state index is 13.7. The van der Waals surface area contributed by atoms with Crippen LogP contribution in [0.3, 0.4) is 0 Å². The van der Waals surface area contributed by atoms with Crippen molar-refractivity contribution in [2.45, 2.75) is 54.6 Å². The van der Waals surface area contributed by atoms with Crippen LogP contribution in [0.15, 0.2) is 47.4 Å². The van der Waals surface area contributed by atoms with Gasteiger partial charge in [0.25, 0.3) is 0 Å². The summed E-state index contributed by atoms with van der Waals surface area (Å²) in [6, 6.07) is 7.60. The monoisotopic (exact) mass is 351 g/mol. The SMILES string of the molecule is C/C=C(/F)C(NC(=O)OC(C)COc1cccc(C)c1)=C(C)C.CC. The van der Waals surface area contributed by atoms with Crippen molar-refractivity contribution in [3.63, 3.8) is 0 Å². The van der Waals surface area contributed by atoms with Gasteiger partial charge in [0.1, 0.15) is 24.3 Å². The quantitative estimate of drug-likeness (QED) is 0.671. The summed E-state index contributed by atoms with van der Waals surface area (Å²) >= 11 is 0. The highest BCUT2D eigenvalue weighted by Crippen LogP contribution is 2.14. The number of ether oxygens (including phenoxy) is 2. The fourth-order valence-electron chi connectivity index (χ4n) is 1.83. The number of benzene rings is 1. The van der Waals surface area contributed by atoms with E-state index in [1.54, 1.807) is 27.7 Å². The van der Waals surface area contributed by atoms with Crippen LogP contribution >= 0.6 is 0 Å². The molecule has 5 heteroatoms. The summed E-state index contributed by atoms with van der Waals surface area (Å²) in [4.78, 5) is 11.8. The first kappa shape index (κ1) is 22.7. The second-order valence-corrected chi connectivity index (χ2v) is 5.48. The van der Waals surface area contributed by atoms with Crippen molar-refractivity contribution >= 4 is 6.09 Å². The molecule has 0 aromatic heterocycles. The Bertz CT molecular complexity index is 605. The highest BCUT2D eigenvalue weighted by atomic mass is 19.1. The van der Waals surface area contributed by atoms with Crippen molar-refractivity contribution in [1.82, 2.24) is 5.32 Å². The lowest BCUT2D eigenvalue weighted by atomic mass is 10.2. The minimum atomic E-state index is -0.710. The lowest BCUT2D eigenvalue weighted by Crippen LogP contribution is -2.30. The number of amides is 1.